The summed E-state index contributed by atoms with van der Waals surface area (Å²) in [7, 11) is 0. The van der Waals surface area contributed by atoms with E-state index in [0.29, 0.717) is 0 Å². The van der Waals surface area contributed by atoms with E-state index in [1.54, 1.807) is 6.92 Å². The topological polar surface area (TPSA) is 38.3 Å². The van der Waals surface area contributed by atoms with Crippen molar-refractivity contribution in [3.05, 3.63) is 65.7 Å². The zero-order valence-corrected chi connectivity index (χ0v) is 14.1. The van der Waals surface area contributed by atoms with Crippen molar-refractivity contribution >= 4 is 5.91 Å². The molecular formula is C20H25NO2. The van der Waals surface area contributed by atoms with Crippen LogP contribution in [0.3, 0.4) is 0 Å². The van der Waals surface area contributed by atoms with Crippen molar-refractivity contribution in [3.63, 3.8) is 0 Å². The van der Waals surface area contributed by atoms with Gasteiger partial charge in [0.1, 0.15) is 5.75 Å². The molecule has 2 rings (SSSR count). The lowest BCUT2D eigenvalue weighted by Crippen LogP contribution is -2.41. The summed E-state index contributed by atoms with van der Waals surface area (Å²) in [6.07, 6.45) is 1.36. The van der Waals surface area contributed by atoms with E-state index in [0.717, 1.165) is 24.2 Å². The average Bonchev–Trinajstić information content (AvgIpc) is 2.54. The maximum atomic E-state index is 12.2. The van der Waals surface area contributed by atoms with Gasteiger partial charge in [0.05, 0.1) is 0 Å². The van der Waals surface area contributed by atoms with E-state index in [1.165, 1.54) is 5.56 Å². The molecule has 0 fully saturated rings. The molecule has 0 saturated carbocycles. The third kappa shape index (κ3) is 5.78. The Morgan fingerprint density at radius 3 is 2.52 bits per heavy atom. The summed E-state index contributed by atoms with van der Waals surface area (Å²) in [4.78, 5) is 12.2. The van der Waals surface area contributed by atoms with E-state index in [4.69, 9.17) is 4.74 Å². The van der Waals surface area contributed by atoms with E-state index in [2.05, 4.69) is 17.4 Å². The molecule has 0 aliphatic heterocycles. The number of nitrogens with one attached hydrogen (secondary N) is 1. The van der Waals surface area contributed by atoms with Crippen LogP contribution in [0.15, 0.2) is 54.6 Å². The minimum absolute atomic E-state index is 0.0768. The fraction of sp³-hybridized carbons (Fsp3) is 0.350. The number of rotatable bonds is 7. The van der Waals surface area contributed by atoms with Gasteiger partial charge < -0.3 is 10.1 Å². The van der Waals surface area contributed by atoms with E-state index in [1.807, 2.05) is 56.3 Å². The Morgan fingerprint density at radius 2 is 1.83 bits per heavy atom. The molecule has 3 heteroatoms. The van der Waals surface area contributed by atoms with Crippen LogP contribution in [0.25, 0.3) is 0 Å². The predicted molar refractivity (Wildman–Crippen MR) is 93.6 cm³/mol. The number of carbonyl (C=O) groups excluding carboxylic acids is 1. The molecular weight excluding hydrogens is 286 g/mol. The van der Waals surface area contributed by atoms with E-state index >= 15 is 0 Å². The van der Waals surface area contributed by atoms with Crippen molar-refractivity contribution in [3.8, 4) is 5.75 Å². The molecule has 0 saturated heterocycles. The molecule has 0 aromatic heterocycles. The van der Waals surface area contributed by atoms with Crippen molar-refractivity contribution in [2.45, 2.75) is 45.8 Å². The Bertz CT molecular complexity index is 625. The molecule has 2 atom stereocenters. The van der Waals surface area contributed by atoms with E-state index in [-0.39, 0.29) is 11.9 Å². The minimum Gasteiger partial charge on any atom is -0.481 e. The van der Waals surface area contributed by atoms with Gasteiger partial charge in [-0.15, -0.1) is 0 Å². The highest BCUT2D eigenvalue weighted by Gasteiger charge is 2.16. The van der Waals surface area contributed by atoms with Crippen LogP contribution in [0.4, 0.5) is 0 Å². The Hall–Kier alpha value is -2.29. The fourth-order valence-electron chi connectivity index (χ4n) is 2.41. The third-order valence-corrected chi connectivity index (χ3v) is 3.77. The van der Waals surface area contributed by atoms with Crippen LogP contribution >= 0.6 is 0 Å². The Morgan fingerprint density at radius 1 is 1.09 bits per heavy atom. The zero-order chi connectivity index (χ0) is 16.7. The predicted octanol–water partition coefficient (Wildman–Crippen LogP) is 3.90. The molecule has 2 aromatic rings. The molecule has 0 aliphatic rings. The summed E-state index contributed by atoms with van der Waals surface area (Å²) in [6, 6.07) is 18.2. The first kappa shape index (κ1) is 17.1. The summed E-state index contributed by atoms with van der Waals surface area (Å²) < 4.78 is 5.71. The SMILES string of the molecule is Cc1cccc(OC(C)C(=O)NC(C)CCc2ccccc2)c1. The lowest BCUT2D eigenvalue weighted by Gasteiger charge is -2.19. The molecule has 0 radical (unpaired) electrons. The molecule has 0 aliphatic carbocycles. The minimum atomic E-state index is -0.504. The highest BCUT2D eigenvalue weighted by atomic mass is 16.5. The molecule has 1 N–H and O–H groups in total. The van der Waals surface area contributed by atoms with Gasteiger partial charge >= 0.3 is 0 Å². The lowest BCUT2D eigenvalue weighted by molar-refractivity contribution is -0.127. The van der Waals surface area contributed by atoms with Gasteiger partial charge in [-0.3, -0.25) is 4.79 Å². The van der Waals surface area contributed by atoms with Crippen LogP contribution in [0, 0.1) is 6.92 Å². The summed E-state index contributed by atoms with van der Waals surface area (Å²) in [5.74, 6) is 0.650. The second-order valence-corrected chi connectivity index (χ2v) is 6.01. The molecule has 0 spiro atoms. The normalized spacial score (nSPS) is 13.2. The molecule has 23 heavy (non-hydrogen) atoms. The van der Waals surface area contributed by atoms with Gasteiger partial charge in [-0.25, -0.2) is 0 Å². The lowest BCUT2D eigenvalue weighted by atomic mass is 10.1. The third-order valence-electron chi connectivity index (χ3n) is 3.77. The largest absolute Gasteiger partial charge is 0.481 e. The van der Waals surface area contributed by atoms with Crippen LogP contribution in [-0.4, -0.2) is 18.1 Å². The van der Waals surface area contributed by atoms with Crippen LogP contribution < -0.4 is 10.1 Å². The number of hydrogen-bond donors (Lipinski definition) is 1. The first-order valence-corrected chi connectivity index (χ1v) is 8.12. The second-order valence-electron chi connectivity index (χ2n) is 6.01. The summed E-state index contributed by atoms with van der Waals surface area (Å²) >= 11 is 0. The molecule has 2 unspecified atom stereocenters. The second kappa shape index (κ2) is 8.37. The highest BCUT2D eigenvalue weighted by Crippen LogP contribution is 2.14. The van der Waals surface area contributed by atoms with Crippen molar-refractivity contribution in [2.24, 2.45) is 0 Å². The van der Waals surface area contributed by atoms with E-state index in [9.17, 15) is 4.79 Å². The number of ether oxygens (including phenoxy) is 1. The standard InChI is InChI=1S/C20H25NO2/c1-15-8-7-11-19(14-15)23-17(3)20(22)21-16(2)12-13-18-9-5-4-6-10-18/h4-11,14,16-17H,12-13H2,1-3H3,(H,21,22). The number of carbonyl (C=O) groups is 1. The number of aryl methyl sites for hydroxylation is 2. The van der Waals surface area contributed by atoms with Gasteiger partial charge in [0.2, 0.25) is 0 Å². The Kier molecular flexibility index (Phi) is 6.21. The smallest absolute Gasteiger partial charge is 0.260 e. The van der Waals surface area contributed by atoms with E-state index < -0.39 is 6.10 Å². The Balaban J connectivity index is 1.78. The maximum Gasteiger partial charge on any atom is 0.260 e. The summed E-state index contributed by atoms with van der Waals surface area (Å²) in [5, 5.41) is 3.02. The first-order chi connectivity index (χ1) is 11.0. The molecule has 3 nitrogen and oxygen atoms in total. The van der Waals surface area contributed by atoms with Gasteiger partial charge in [0, 0.05) is 6.04 Å². The highest BCUT2D eigenvalue weighted by molar-refractivity contribution is 5.80. The van der Waals surface area contributed by atoms with Gasteiger partial charge in [-0.1, -0.05) is 42.5 Å². The molecule has 0 bridgehead atoms. The van der Waals surface area contributed by atoms with Gasteiger partial charge in [-0.05, 0) is 56.9 Å². The van der Waals surface area contributed by atoms with Crippen molar-refractivity contribution in [2.75, 3.05) is 0 Å². The number of benzene rings is 2. The first-order valence-electron chi connectivity index (χ1n) is 8.12. The van der Waals surface area contributed by atoms with Crippen LogP contribution in [0.2, 0.25) is 0 Å². The quantitative estimate of drug-likeness (QED) is 0.842. The molecule has 1 amide bonds. The average molecular weight is 311 g/mol. The number of hydrogen-bond acceptors (Lipinski definition) is 2. The van der Waals surface area contributed by atoms with Crippen molar-refractivity contribution in [1.29, 1.82) is 0 Å². The fourth-order valence-corrected chi connectivity index (χ4v) is 2.41. The maximum absolute atomic E-state index is 12.2. The van der Waals surface area contributed by atoms with Gasteiger partial charge in [0.25, 0.3) is 5.91 Å². The van der Waals surface area contributed by atoms with Crippen molar-refractivity contribution < 1.29 is 9.53 Å². The zero-order valence-electron chi connectivity index (χ0n) is 14.1. The van der Waals surface area contributed by atoms with Crippen LogP contribution in [0.5, 0.6) is 5.75 Å². The Labute approximate surface area is 138 Å². The molecule has 0 heterocycles. The molecule has 2 aromatic carbocycles. The van der Waals surface area contributed by atoms with Crippen molar-refractivity contribution in [1.82, 2.24) is 5.32 Å². The van der Waals surface area contributed by atoms with Crippen LogP contribution in [0.1, 0.15) is 31.4 Å². The molecule has 122 valence electrons. The summed E-state index contributed by atoms with van der Waals surface area (Å²) in [5.41, 5.74) is 2.41. The number of amides is 1. The monoisotopic (exact) mass is 311 g/mol. The van der Waals surface area contributed by atoms with Gasteiger partial charge in [0.15, 0.2) is 6.10 Å². The van der Waals surface area contributed by atoms with Gasteiger partial charge in [-0.2, -0.15) is 0 Å². The van der Waals surface area contributed by atoms with Crippen LogP contribution in [-0.2, 0) is 11.2 Å². The summed E-state index contributed by atoms with van der Waals surface area (Å²) in [6.45, 7) is 5.81.